The van der Waals surface area contributed by atoms with Crippen LogP contribution in [0.2, 0.25) is 0 Å². The highest BCUT2D eigenvalue weighted by Crippen LogP contribution is 2.27. The minimum Gasteiger partial charge on any atom is -0.332 e. The van der Waals surface area contributed by atoms with Gasteiger partial charge in [-0.25, -0.2) is 9.79 Å². The molecule has 3 aromatic rings. The summed E-state index contributed by atoms with van der Waals surface area (Å²) < 4.78 is 0. The van der Waals surface area contributed by atoms with Gasteiger partial charge in [-0.2, -0.15) is 0 Å². The van der Waals surface area contributed by atoms with Crippen LogP contribution in [-0.4, -0.2) is 30.9 Å². The van der Waals surface area contributed by atoms with Crippen molar-refractivity contribution >= 4 is 23.3 Å². The van der Waals surface area contributed by atoms with Crippen molar-refractivity contribution in [2.24, 2.45) is 4.99 Å². The molecule has 0 fully saturated rings. The highest BCUT2D eigenvalue weighted by atomic mass is 16.2. The third-order valence-corrected chi connectivity index (χ3v) is 5.31. The Bertz CT molecular complexity index is 1110. The van der Waals surface area contributed by atoms with Crippen LogP contribution in [0.15, 0.2) is 89.9 Å². The van der Waals surface area contributed by atoms with E-state index < -0.39 is 12.2 Å². The molecule has 0 unspecified atom stereocenters. The molecule has 3 amide bonds. The molecule has 0 aromatic heterocycles. The zero-order valence-corrected chi connectivity index (χ0v) is 17.4. The molecule has 6 heteroatoms. The SMILES string of the molecule is C[C@H](NC(=O)N[C@@H]1N=C(c2ccccc2)c2ccccc2N(C)C1=O)c1ccccc1. The second kappa shape index (κ2) is 8.83. The number of fused-ring (bicyclic) bond motifs is 1. The summed E-state index contributed by atoms with van der Waals surface area (Å²) in [5, 5.41) is 5.63. The lowest BCUT2D eigenvalue weighted by atomic mass is 10.0. The van der Waals surface area contributed by atoms with E-state index in [0.717, 1.165) is 22.4 Å². The van der Waals surface area contributed by atoms with Gasteiger partial charge in [0.1, 0.15) is 0 Å². The molecule has 31 heavy (non-hydrogen) atoms. The van der Waals surface area contributed by atoms with Gasteiger partial charge in [0.2, 0.25) is 6.17 Å². The second-order valence-corrected chi connectivity index (χ2v) is 7.41. The molecule has 0 aliphatic carbocycles. The fourth-order valence-corrected chi connectivity index (χ4v) is 3.63. The number of benzene rings is 3. The van der Waals surface area contributed by atoms with Crippen molar-refractivity contribution in [3.8, 4) is 0 Å². The Morgan fingerprint density at radius 3 is 2.26 bits per heavy atom. The zero-order valence-electron chi connectivity index (χ0n) is 17.4. The van der Waals surface area contributed by atoms with Crippen LogP contribution in [0.3, 0.4) is 0 Å². The number of amides is 3. The summed E-state index contributed by atoms with van der Waals surface area (Å²) in [6.45, 7) is 1.89. The van der Waals surface area contributed by atoms with Crippen LogP contribution in [0.1, 0.15) is 29.7 Å². The van der Waals surface area contributed by atoms with E-state index in [0.29, 0.717) is 5.71 Å². The predicted octanol–water partition coefficient (Wildman–Crippen LogP) is 3.89. The molecule has 0 radical (unpaired) electrons. The van der Waals surface area contributed by atoms with E-state index in [-0.39, 0.29) is 11.9 Å². The lowest BCUT2D eigenvalue weighted by molar-refractivity contribution is -0.119. The van der Waals surface area contributed by atoms with Crippen LogP contribution in [0.5, 0.6) is 0 Å². The van der Waals surface area contributed by atoms with Gasteiger partial charge in [-0.1, -0.05) is 78.9 Å². The monoisotopic (exact) mass is 412 g/mol. The highest BCUT2D eigenvalue weighted by Gasteiger charge is 2.31. The Morgan fingerprint density at radius 1 is 0.935 bits per heavy atom. The first kappa shape index (κ1) is 20.3. The Balaban J connectivity index is 1.64. The maximum Gasteiger partial charge on any atom is 0.317 e. The molecule has 0 saturated heterocycles. The minimum absolute atomic E-state index is 0.213. The molecule has 3 aromatic carbocycles. The van der Waals surface area contributed by atoms with Crippen molar-refractivity contribution < 1.29 is 9.59 Å². The fraction of sp³-hybridized carbons (Fsp3) is 0.160. The van der Waals surface area contributed by atoms with E-state index in [1.165, 1.54) is 0 Å². The Labute approximate surface area is 181 Å². The molecule has 6 nitrogen and oxygen atoms in total. The van der Waals surface area contributed by atoms with E-state index in [1.54, 1.807) is 11.9 Å². The number of carbonyl (C=O) groups excluding carboxylic acids is 2. The van der Waals surface area contributed by atoms with Crippen LogP contribution in [0.25, 0.3) is 0 Å². The number of nitrogens with zero attached hydrogens (tertiary/aromatic N) is 2. The number of likely N-dealkylation sites (N-methyl/N-ethyl adjacent to an activating group) is 1. The summed E-state index contributed by atoms with van der Waals surface area (Å²) in [5.41, 5.74) is 4.10. The average Bonchev–Trinajstić information content (AvgIpc) is 2.91. The molecule has 0 spiro atoms. The number of para-hydroxylation sites is 1. The van der Waals surface area contributed by atoms with Crippen LogP contribution < -0.4 is 15.5 Å². The topological polar surface area (TPSA) is 73.8 Å². The van der Waals surface area contributed by atoms with Gasteiger partial charge in [-0.3, -0.25) is 4.79 Å². The Kier molecular flexibility index (Phi) is 5.80. The molecule has 2 atom stereocenters. The standard InChI is InChI=1S/C25H24N4O2/c1-17(18-11-5-3-6-12-18)26-25(31)28-23-24(30)29(2)21-16-10-9-15-20(21)22(27-23)19-13-7-4-8-14-19/h3-17,23H,1-2H3,(H2,26,28,31)/t17-,23-/m0/s1. The van der Waals surface area contributed by atoms with Gasteiger partial charge in [0.25, 0.3) is 5.91 Å². The molecule has 2 N–H and O–H groups in total. The van der Waals surface area contributed by atoms with Crippen molar-refractivity contribution in [1.29, 1.82) is 0 Å². The van der Waals surface area contributed by atoms with Gasteiger partial charge in [-0.15, -0.1) is 0 Å². The average molecular weight is 412 g/mol. The number of hydrogen-bond donors (Lipinski definition) is 2. The maximum atomic E-state index is 13.2. The van der Waals surface area contributed by atoms with Crippen molar-refractivity contribution in [3.63, 3.8) is 0 Å². The van der Waals surface area contributed by atoms with Gasteiger partial charge in [0, 0.05) is 18.2 Å². The minimum atomic E-state index is -1.05. The first-order valence-corrected chi connectivity index (χ1v) is 10.2. The smallest absolute Gasteiger partial charge is 0.317 e. The third-order valence-electron chi connectivity index (χ3n) is 5.31. The molecule has 1 aliphatic rings. The van der Waals surface area contributed by atoms with Crippen LogP contribution in [-0.2, 0) is 4.79 Å². The van der Waals surface area contributed by atoms with Gasteiger partial charge in [0.05, 0.1) is 17.4 Å². The van der Waals surface area contributed by atoms with Gasteiger partial charge in [-0.05, 0) is 18.6 Å². The number of benzodiazepines with no additional fused rings is 1. The Hall–Kier alpha value is -3.93. The number of nitrogens with one attached hydrogen (secondary N) is 2. The van der Waals surface area contributed by atoms with E-state index in [1.807, 2.05) is 91.9 Å². The van der Waals surface area contributed by atoms with Crippen molar-refractivity contribution in [3.05, 3.63) is 102 Å². The third kappa shape index (κ3) is 4.33. The number of anilines is 1. The molecule has 156 valence electrons. The summed E-state index contributed by atoms with van der Waals surface area (Å²) in [6.07, 6.45) is -1.05. The van der Waals surface area contributed by atoms with E-state index in [9.17, 15) is 9.59 Å². The maximum absolute atomic E-state index is 13.2. The summed E-state index contributed by atoms with van der Waals surface area (Å²) in [6, 6.07) is 26.3. The lowest BCUT2D eigenvalue weighted by Crippen LogP contribution is -2.49. The number of aliphatic imine (C=N–C) groups is 1. The normalized spacial score (nSPS) is 16.6. The summed E-state index contributed by atoms with van der Waals surface area (Å²) in [7, 11) is 1.70. The van der Waals surface area contributed by atoms with Crippen LogP contribution >= 0.6 is 0 Å². The summed E-state index contributed by atoms with van der Waals surface area (Å²) in [5.74, 6) is -0.305. The van der Waals surface area contributed by atoms with Crippen molar-refractivity contribution in [2.45, 2.75) is 19.1 Å². The highest BCUT2D eigenvalue weighted by molar-refractivity contribution is 6.20. The van der Waals surface area contributed by atoms with Gasteiger partial charge < -0.3 is 15.5 Å². The molecule has 1 heterocycles. The van der Waals surface area contributed by atoms with Crippen LogP contribution in [0, 0.1) is 0 Å². The predicted molar refractivity (Wildman–Crippen MR) is 122 cm³/mol. The van der Waals surface area contributed by atoms with Gasteiger partial charge in [0.15, 0.2) is 0 Å². The van der Waals surface area contributed by atoms with Crippen molar-refractivity contribution in [2.75, 3.05) is 11.9 Å². The zero-order chi connectivity index (χ0) is 21.8. The van der Waals surface area contributed by atoms with Crippen molar-refractivity contribution in [1.82, 2.24) is 10.6 Å². The first-order valence-electron chi connectivity index (χ1n) is 10.2. The molecular weight excluding hydrogens is 388 g/mol. The first-order chi connectivity index (χ1) is 15.0. The van der Waals surface area contributed by atoms with Crippen LogP contribution in [0.4, 0.5) is 10.5 Å². The van der Waals surface area contributed by atoms with Gasteiger partial charge >= 0.3 is 6.03 Å². The number of carbonyl (C=O) groups is 2. The number of hydrogen-bond acceptors (Lipinski definition) is 3. The molecule has 1 aliphatic heterocycles. The molecule has 4 rings (SSSR count). The van der Waals surface area contributed by atoms with E-state index >= 15 is 0 Å². The molecular formula is C25H24N4O2. The molecule has 0 bridgehead atoms. The quantitative estimate of drug-likeness (QED) is 0.682. The Morgan fingerprint density at radius 2 is 1.55 bits per heavy atom. The van der Waals surface area contributed by atoms with E-state index in [2.05, 4.69) is 10.6 Å². The van der Waals surface area contributed by atoms with E-state index in [4.69, 9.17) is 4.99 Å². The number of urea groups is 1. The largest absolute Gasteiger partial charge is 0.332 e. The molecule has 0 saturated carbocycles. The summed E-state index contributed by atoms with van der Waals surface area (Å²) >= 11 is 0. The number of rotatable bonds is 4. The fourth-order valence-electron chi connectivity index (χ4n) is 3.63. The lowest BCUT2D eigenvalue weighted by Gasteiger charge is -2.22. The second-order valence-electron chi connectivity index (χ2n) is 7.41. The summed E-state index contributed by atoms with van der Waals surface area (Å²) in [4.78, 5) is 32.1.